The lowest BCUT2D eigenvalue weighted by molar-refractivity contribution is -0.393. The average Bonchev–Trinajstić information content (AvgIpc) is 2.68. The van der Waals surface area contributed by atoms with Gasteiger partial charge in [0.2, 0.25) is 0 Å². The van der Waals surface area contributed by atoms with Crippen molar-refractivity contribution in [1.82, 2.24) is 15.0 Å². The van der Waals surface area contributed by atoms with Crippen molar-refractivity contribution < 1.29 is 4.92 Å². The molecule has 0 aliphatic rings. The zero-order valence-electron chi connectivity index (χ0n) is 10.6. The van der Waals surface area contributed by atoms with Crippen molar-refractivity contribution in [3.63, 3.8) is 0 Å². The van der Waals surface area contributed by atoms with Crippen LogP contribution in [0.1, 0.15) is 51.6 Å². The Morgan fingerprint density at radius 3 is 2.59 bits per heavy atom. The van der Waals surface area contributed by atoms with Gasteiger partial charge in [0.05, 0.1) is 0 Å². The lowest BCUT2D eigenvalue weighted by atomic mass is 10.2. The van der Waals surface area contributed by atoms with E-state index in [-0.39, 0.29) is 10.7 Å². The topological polar surface area (TPSA) is 73.8 Å². The molecule has 0 aliphatic carbocycles. The molecule has 0 spiro atoms. The van der Waals surface area contributed by atoms with Crippen molar-refractivity contribution in [3.8, 4) is 0 Å². The zero-order valence-corrected chi connectivity index (χ0v) is 10.6. The number of aromatic nitrogens is 3. The number of rotatable bonds is 8. The Balaban J connectivity index is 2.67. The summed E-state index contributed by atoms with van der Waals surface area (Å²) in [6.07, 6.45) is 5.77. The van der Waals surface area contributed by atoms with E-state index in [4.69, 9.17) is 0 Å². The zero-order chi connectivity index (χ0) is 12.7. The van der Waals surface area contributed by atoms with Gasteiger partial charge in [-0.2, -0.15) is 0 Å². The monoisotopic (exact) mass is 240 g/mol. The van der Waals surface area contributed by atoms with Crippen LogP contribution in [0.5, 0.6) is 0 Å². The molecule has 1 aromatic heterocycles. The van der Waals surface area contributed by atoms with Crippen LogP contribution in [-0.2, 0) is 13.0 Å². The third-order valence-electron chi connectivity index (χ3n) is 2.66. The van der Waals surface area contributed by atoms with Gasteiger partial charge in [-0.05, 0) is 24.2 Å². The second kappa shape index (κ2) is 6.98. The maximum absolute atomic E-state index is 11.0. The minimum atomic E-state index is -0.370. The van der Waals surface area contributed by atoms with Crippen molar-refractivity contribution in [2.75, 3.05) is 0 Å². The van der Waals surface area contributed by atoms with E-state index in [1.54, 1.807) is 0 Å². The lowest BCUT2D eigenvalue weighted by Crippen LogP contribution is -2.06. The van der Waals surface area contributed by atoms with Crippen LogP contribution in [0.2, 0.25) is 0 Å². The highest BCUT2D eigenvalue weighted by atomic mass is 16.6. The van der Waals surface area contributed by atoms with Crippen LogP contribution in [0.3, 0.4) is 0 Å². The Kier molecular flexibility index (Phi) is 5.59. The quantitative estimate of drug-likeness (QED) is 0.398. The number of nitro groups is 1. The summed E-state index contributed by atoms with van der Waals surface area (Å²) in [5.41, 5.74) is 0.507. The van der Waals surface area contributed by atoms with Crippen LogP contribution in [0.25, 0.3) is 0 Å². The van der Waals surface area contributed by atoms with Crippen LogP contribution < -0.4 is 0 Å². The molecule has 0 aliphatic heterocycles. The third-order valence-corrected chi connectivity index (χ3v) is 2.66. The minimum absolute atomic E-state index is 0.0725. The Bertz CT molecular complexity index is 362. The molecular weight excluding hydrogens is 220 g/mol. The van der Waals surface area contributed by atoms with Gasteiger partial charge < -0.3 is 10.1 Å². The molecule has 0 fully saturated rings. The van der Waals surface area contributed by atoms with Gasteiger partial charge in [-0.25, -0.2) is 0 Å². The first kappa shape index (κ1) is 13.6. The summed E-state index contributed by atoms with van der Waals surface area (Å²) in [7, 11) is 0. The van der Waals surface area contributed by atoms with E-state index in [1.807, 2.05) is 6.92 Å². The fourth-order valence-electron chi connectivity index (χ4n) is 1.78. The third kappa shape index (κ3) is 3.80. The van der Waals surface area contributed by atoms with Crippen molar-refractivity contribution in [1.29, 1.82) is 0 Å². The summed E-state index contributed by atoms with van der Waals surface area (Å²) >= 11 is 0. The molecule has 0 bridgehead atoms. The Morgan fingerprint density at radius 1 is 1.24 bits per heavy atom. The molecule has 17 heavy (non-hydrogen) atoms. The summed E-state index contributed by atoms with van der Waals surface area (Å²) in [6, 6.07) is 0. The highest BCUT2D eigenvalue weighted by Crippen LogP contribution is 2.17. The molecule has 0 aromatic carbocycles. The first-order valence-electron chi connectivity index (χ1n) is 6.27. The van der Waals surface area contributed by atoms with Crippen LogP contribution in [0, 0.1) is 10.1 Å². The number of aryl methyl sites for hydroxylation is 2. The molecule has 0 N–H and O–H groups in total. The van der Waals surface area contributed by atoms with Gasteiger partial charge in [0.25, 0.3) is 0 Å². The van der Waals surface area contributed by atoms with Crippen LogP contribution in [0.4, 0.5) is 5.82 Å². The molecule has 0 radical (unpaired) electrons. The van der Waals surface area contributed by atoms with Gasteiger partial charge in [0.15, 0.2) is 5.69 Å². The molecule has 1 heterocycles. The Labute approximate surface area is 101 Å². The predicted molar refractivity (Wildman–Crippen MR) is 64.8 cm³/mol. The van der Waals surface area contributed by atoms with E-state index in [9.17, 15) is 10.1 Å². The van der Waals surface area contributed by atoms with Crippen molar-refractivity contribution in [3.05, 3.63) is 15.8 Å². The molecule has 1 rings (SSSR count). The van der Waals surface area contributed by atoms with Gasteiger partial charge in [-0.3, -0.25) is 0 Å². The SMILES string of the molecule is CCCCCCn1nnc(CCC)c1[N+](=O)[O-]. The molecule has 0 atom stereocenters. The van der Waals surface area contributed by atoms with Crippen LogP contribution >= 0.6 is 0 Å². The summed E-state index contributed by atoms with van der Waals surface area (Å²) in [6.45, 7) is 4.70. The highest BCUT2D eigenvalue weighted by Gasteiger charge is 2.22. The van der Waals surface area contributed by atoms with Crippen molar-refractivity contribution in [2.24, 2.45) is 0 Å². The van der Waals surface area contributed by atoms with Gasteiger partial charge in [-0.1, -0.05) is 33.1 Å². The normalized spacial score (nSPS) is 10.7. The summed E-state index contributed by atoms with van der Waals surface area (Å²) in [5, 5.41) is 18.7. The largest absolute Gasteiger partial charge is 0.368 e. The molecule has 6 heteroatoms. The first-order valence-corrected chi connectivity index (χ1v) is 6.27. The number of unbranched alkanes of at least 4 members (excludes halogenated alkanes) is 3. The molecule has 1 aromatic rings. The van der Waals surface area contributed by atoms with E-state index in [0.29, 0.717) is 18.7 Å². The van der Waals surface area contributed by atoms with Crippen LogP contribution in [0.15, 0.2) is 0 Å². The van der Waals surface area contributed by atoms with E-state index >= 15 is 0 Å². The number of hydrogen-bond donors (Lipinski definition) is 0. The Morgan fingerprint density at radius 2 is 2.00 bits per heavy atom. The predicted octanol–water partition coefficient (Wildman–Crippen LogP) is 2.72. The highest BCUT2D eigenvalue weighted by molar-refractivity contribution is 5.25. The number of hydrogen-bond acceptors (Lipinski definition) is 4. The Hall–Kier alpha value is -1.46. The fourth-order valence-corrected chi connectivity index (χ4v) is 1.78. The molecule has 0 saturated carbocycles. The smallest absolute Gasteiger partial charge is 0.358 e. The summed E-state index contributed by atoms with van der Waals surface area (Å²) in [4.78, 5) is 10.6. The van der Waals surface area contributed by atoms with E-state index in [0.717, 1.165) is 32.1 Å². The van der Waals surface area contributed by atoms with Crippen molar-refractivity contribution in [2.45, 2.75) is 58.9 Å². The maximum atomic E-state index is 11.0. The molecule has 0 unspecified atom stereocenters. The van der Waals surface area contributed by atoms with E-state index < -0.39 is 0 Å². The van der Waals surface area contributed by atoms with E-state index in [1.165, 1.54) is 4.68 Å². The number of nitrogens with zero attached hydrogens (tertiary/aromatic N) is 4. The molecular formula is C11H20N4O2. The maximum Gasteiger partial charge on any atom is 0.368 e. The molecule has 6 nitrogen and oxygen atoms in total. The second-order valence-electron chi connectivity index (χ2n) is 4.15. The van der Waals surface area contributed by atoms with Crippen molar-refractivity contribution >= 4 is 5.82 Å². The van der Waals surface area contributed by atoms with E-state index in [2.05, 4.69) is 17.2 Å². The lowest BCUT2D eigenvalue weighted by Gasteiger charge is -1.99. The van der Waals surface area contributed by atoms with Gasteiger partial charge >= 0.3 is 5.82 Å². The molecule has 96 valence electrons. The first-order chi connectivity index (χ1) is 8.20. The minimum Gasteiger partial charge on any atom is -0.358 e. The van der Waals surface area contributed by atoms with Crippen LogP contribution in [-0.4, -0.2) is 19.9 Å². The average molecular weight is 240 g/mol. The summed E-state index contributed by atoms with van der Waals surface area (Å²) in [5.74, 6) is 0.0725. The summed E-state index contributed by atoms with van der Waals surface area (Å²) < 4.78 is 1.43. The second-order valence-corrected chi connectivity index (χ2v) is 4.15. The molecule has 0 saturated heterocycles. The van der Waals surface area contributed by atoms with Gasteiger partial charge in [0.1, 0.15) is 6.54 Å². The van der Waals surface area contributed by atoms with Gasteiger partial charge in [-0.15, -0.1) is 9.78 Å². The van der Waals surface area contributed by atoms with Gasteiger partial charge in [0, 0.05) is 5.21 Å². The molecule has 0 amide bonds. The standard InChI is InChI=1S/C11H20N4O2/c1-3-5-6-7-9-14-11(15(16)17)10(8-4-2)12-13-14/h3-9H2,1-2H3. The fraction of sp³-hybridized carbons (Fsp3) is 0.818.